The number of hydrogen-bond acceptors (Lipinski definition) is 3. The molecule has 2 fully saturated rings. The summed E-state index contributed by atoms with van der Waals surface area (Å²) in [6, 6.07) is 18.2. The number of likely N-dealkylation sites (tertiary alicyclic amines) is 2. The molecule has 2 aromatic carbocycles. The Kier molecular flexibility index (Phi) is 14.9. The van der Waals surface area contributed by atoms with E-state index in [2.05, 4.69) is 73.1 Å². The predicted octanol–water partition coefficient (Wildman–Crippen LogP) is 7.98. The molecular formula is C34H57N3O. The zero-order chi connectivity index (χ0) is 26.1. The number of carbonyl (C=O) groups excluding carboxylic acids is 1. The number of aryl methyl sites for hydroxylation is 3. The van der Waals surface area contributed by atoms with Gasteiger partial charge in [-0.1, -0.05) is 63.4 Å². The summed E-state index contributed by atoms with van der Waals surface area (Å²) < 4.78 is 0. The van der Waals surface area contributed by atoms with Gasteiger partial charge >= 0.3 is 0 Å². The Morgan fingerprint density at radius 2 is 1.45 bits per heavy atom. The maximum atomic E-state index is 12.5. The minimum Gasteiger partial charge on any atom is -0.325 e. The third kappa shape index (κ3) is 10.2. The first-order chi connectivity index (χ1) is 17.2. The van der Waals surface area contributed by atoms with Crippen molar-refractivity contribution >= 4 is 11.6 Å². The van der Waals surface area contributed by atoms with Crippen molar-refractivity contribution in [2.45, 2.75) is 101 Å². The van der Waals surface area contributed by atoms with Crippen LogP contribution in [-0.2, 0) is 11.2 Å². The molecule has 1 N–H and O–H groups in total. The van der Waals surface area contributed by atoms with Crippen molar-refractivity contribution < 1.29 is 4.79 Å². The van der Waals surface area contributed by atoms with Crippen LogP contribution in [0.3, 0.4) is 0 Å². The number of piperidine rings is 1. The number of amides is 1. The molecule has 4 nitrogen and oxygen atoms in total. The number of hydrogen-bond donors (Lipinski definition) is 1. The third-order valence-electron chi connectivity index (χ3n) is 8.01. The van der Waals surface area contributed by atoms with Crippen LogP contribution in [0.2, 0.25) is 0 Å². The molecule has 2 aromatic rings. The van der Waals surface area contributed by atoms with Crippen LogP contribution in [0.15, 0.2) is 48.5 Å². The van der Waals surface area contributed by atoms with E-state index in [0.717, 1.165) is 54.7 Å². The Labute approximate surface area is 235 Å². The maximum Gasteiger partial charge on any atom is 0.228 e. The van der Waals surface area contributed by atoms with Gasteiger partial charge in [-0.15, -0.1) is 0 Å². The van der Waals surface area contributed by atoms with Gasteiger partial charge in [-0.25, -0.2) is 0 Å². The standard InChI is InChI=1S/C17H26N2O.C15H23N.2CH4/c1-12(2)19-10-6-9-15(11-19)17(20)18-16-13(3)7-5-8-14(16)4;1-13(2)16-11-10-15(12-16)9-8-14-6-4-3-5-7-14;;/h5,7-8,12,15H,6,9-11H2,1-4H3,(H,18,20);3-7,13,15H,8-12H2,1-2H3;2*1H4. The number of benzene rings is 2. The summed E-state index contributed by atoms with van der Waals surface area (Å²) >= 11 is 0. The molecule has 0 aromatic heterocycles. The van der Waals surface area contributed by atoms with Gasteiger partial charge in [-0.05, 0) is 109 Å². The Balaban J connectivity index is 0.000000368. The van der Waals surface area contributed by atoms with Gasteiger partial charge in [0, 0.05) is 30.9 Å². The minimum atomic E-state index is 0. The normalized spacial score (nSPS) is 19.8. The van der Waals surface area contributed by atoms with Gasteiger partial charge in [-0.2, -0.15) is 0 Å². The van der Waals surface area contributed by atoms with E-state index >= 15 is 0 Å². The maximum absolute atomic E-state index is 12.5. The highest BCUT2D eigenvalue weighted by molar-refractivity contribution is 5.94. The molecule has 2 atom stereocenters. The van der Waals surface area contributed by atoms with E-state index in [4.69, 9.17) is 0 Å². The summed E-state index contributed by atoms with van der Waals surface area (Å²) in [7, 11) is 0. The largest absolute Gasteiger partial charge is 0.325 e. The van der Waals surface area contributed by atoms with E-state index in [1.54, 1.807) is 0 Å². The molecule has 2 saturated heterocycles. The molecule has 0 spiro atoms. The first-order valence-corrected chi connectivity index (χ1v) is 14.1. The van der Waals surface area contributed by atoms with Gasteiger partial charge in [-0.3, -0.25) is 4.79 Å². The first kappa shape index (κ1) is 33.9. The van der Waals surface area contributed by atoms with Crippen LogP contribution in [-0.4, -0.2) is 54.0 Å². The van der Waals surface area contributed by atoms with Crippen molar-refractivity contribution in [3.8, 4) is 0 Å². The number of carbonyl (C=O) groups is 1. The van der Waals surface area contributed by atoms with E-state index < -0.39 is 0 Å². The van der Waals surface area contributed by atoms with Crippen molar-refractivity contribution in [3.63, 3.8) is 0 Å². The molecule has 4 heteroatoms. The lowest BCUT2D eigenvalue weighted by molar-refractivity contribution is -0.121. The lowest BCUT2D eigenvalue weighted by Gasteiger charge is -2.34. The molecule has 0 saturated carbocycles. The molecule has 0 bridgehead atoms. The number of nitrogens with zero attached hydrogens (tertiary/aromatic N) is 2. The van der Waals surface area contributed by atoms with Crippen molar-refractivity contribution in [2.75, 3.05) is 31.5 Å². The van der Waals surface area contributed by atoms with Gasteiger partial charge in [0.2, 0.25) is 5.91 Å². The number of rotatable bonds is 7. The van der Waals surface area contributed by atoms with Gasteiger partial charge < -0.3 is 15.1 Å². The van der Waals surface area contributed by atoms with Crippen molar-refractivity contribution in [3.05, 3.63) is 65.2 Å². The van der Waals surface area contributed by atoms with Gasteiger partial charge in [0.1, 0.15) is 0 Å². The molecule has 214 valence electrons. The van der Waals surface area contributed by atoms with Crippen LogP contribution in [0.5, 0.6) is 0 Å². The van der Waals surface area contributed by atoms with Gasteiger partial charge in [0.25, 0.3) is 0 Å². The Hall–Kier alpha value is -2.17. The van der Waals surface area contributed by atoms with E-state index in [9.17, 15) is 4.79 Å². The molecule has 4 rings (SSSR count). The highest BCUT2D eigenvalue weighted by Crippen LogP contribution is 2.24. The SMILES string of the molecule is C.C.CC(C)N1CCC(CCc2ccccc2)C1.Cc1cccc(C)c1NC(=O)C1CCCN(C(C)C)C1. The second-order valence-corrected chi connectivity index (χ2v) is 11.5. The molecule has 2 aliphatic rings. The van der Waals surface area contributed by atoms with Crippen LogP contribution >= 0.6 is 0 Å². The molecule has 2 aliphatic heterocycles. The quantitative estimate of drug-likeness (QED) is 0.399. The molecule has 0 aliphatic carbocycles. The van der Waals surface area contributed by atoms with Crippen LogP contribution < -0.4 is 5.32 Å². The van der Waals surface area contributed by atoms with E-state index in [0.29, 0.717) is 6.04 Å². The zero-order valence-corrected chi connectivity index (χ0v) is 23.6. The van der Waals surface area contributed by atoms with Crippen molar-refractivity contribution in [1.29, 1.82) is 0 Å². The smallest absolute Gasteiger partial charge is 0.228 e. The summed E-state index contributed by atoms with van der Waals surface area (Å²) in [5.74, 6) is 1.21. The second kappa shape index (κ2) is 16.7. The van der Waals surface area contributed by atoms with Crippen LogP contribution in [0, 0.1) is 25.7 Å². The fourth-order valence-electron chi connectivity index (χ4n) is 5.51. The van der Waals surface area contributed by atoms with Crippen molar-refractivity contribution in [1.82, 2.24) is 9.80 Å². The van der Waals surface area contributed by atoms with Crippen LogP contribution in [0.4, 0.5) is 5.69 Å². The predicted molar refractivity (Wildman–Crippen MR) is 167 cm³/mol. The molecular weight excluding hydrogens is 466 g/mol. The minimum absolute atomic E-state index is 0. The molecule has 1 amide bonds. The van der Waals surface area contributed by atoms with Crippen LogP contribution in [0.1, 0.15) is 84.9 Å². The lowest BCUT2D eigenvalue weighted by Crippen LogP contribution is -2.43. The topological polar surface area (TPSA) is 35.6 Å². The highest BCUT2D eigenvalue weighted by atomic mass is 16.1. The summed E-state index contributed by atoms with van der Waals surface area (Å²) in [4.78, 5) is 17.5. The fourth-order valence-corrected chi connectivity index (χ4v) is 5.51. The molecule has 0 radical (unpaired) electrons. The zero-order valence-electron chi connectivity index (χ0n) is 23.6. The fraction of sp³-hybridized carbons (Fsp3) is 0.618. The van der Waals surface area contributed by atoms with E-state index in [1.165, 1.54) is 37.9 Å². The Morgan fingerprint density at radius 3 is 2.03 bits per heavy atom. The Morgan fingerprint density at radius 1 is 0.842 bits per heavy atom. The van der Waals surface area contributed by atoms with E-state index in [-0.39, 0.29) is 26.7 Å². The first-order valence-electron chi connectivity index (χ1n) is 14.1. The molecule has 2 heterocycles. The monoisotopic (exact) mass is 523 g/mol. The summed E-state index contributed by atoms with van der Waals surface area (Å²) in [6.45, 7) is 17.7. The summed E-state index contributed by atoms with van der Waals surface area (Å²) in [5, 5.41) is 3.14. The van der Waals surface area contributed by atoms with Crippen LogP contribution in [0.25, 0.3) is 0 Å². The number of nitrogens with one attached hydrogen (secondary N) is 1. The second-order valence-electron chi connectivity index (χ2n) is 11.5. The van der Waals surface area contributed by atoms with Gasteiger partial charge in [0.15, 0.2) is 0 Å². The average Bonchev–Trinajstić information content (AvgIpc) is 3.36. The number of para-hydroxylation sites is 1. The average molecular weight is 524 g/mol. The summed E-state index contributed by atoms with van der Waals surface area (Å²) in [6.07, 6.45) is 6.11. The van der Waals surface area contributed by atoms with Crippen molar-refractivity contribution in [2.24, 2.45) is 11.8 Å². The number of anilines is 1. The highest BCUT2D eigenvalue weighted by Gasteiger charge is 2.27. The lowest BCUT2D eigenvalue weighted by atomic mass is 9.95. The molecule has 2 unspecified atom stereocenters. The van der Waals surface area contributed by atoms with E-state index in [1.807, 2.05) is 32.0 Å². The summed E-state index contributed by atoms with van der Waals surface area (Å²) in [5.41, 5.74) is 4.74. The third-order valence-corrected chi connectivity index (χ3v) is 8.01. The molecule has 38 heavy (non-hydrogen) atoms. The van der Waals surface area contributed by atoms with Gasteiger partial charge in [0.05, 0.1) is 5.92 Å². The Bertz CT molecular complexity index is 920.